The zero-order valence-electron chi connectivity index (χ0n) is 8.14. The Kier molecular flexibility index (Phi) is 3.69. The van der Waals surface area contributed by atoms with Crippen molar-refractivity contribution in [2.75, 3.05) is 26.8 Å². The second-order valence-corrected chi connectivity index (χ2v) is 3.81. The van der Waals surface area contributed by atoms with Crippen molar-refractivity contribution in [3.05, 3.63) is 0 Å². The fourth-order valence-corrected chi connectivity index (χ4v) is 1.46. The minimum Gasteiger partial charge on any atom is -0.385 e. The van der Waals surface area contributed by atoms with E-state index in [2.05, 4.69) is 5.32 Å². The largest absolute Gasteiger partial charge is 0.385 e. The average molecular weight is 186 g/mol. The molecule has 4 heteroatoms. The number of rotatable bonds is 7. The number of carbonyl (C=O) groups is 1. The van der Waals surface area contributed by atoms with E-state index < -0.39 is 0 Å². The van der Waals surface area contributed by atoms with E-state index in [0.717, 1.165) is 19.6 Å². The Morgan fingerprint density at radius 1 is 1.62 bits per heavy atom. The highest BCUT2D eigenvalue weighted by Gasteiger charge is 2.41. The second-order valence-electron chi connectivity index (χ2n) is 3.81. The number of amides is 1. The molecule has 1 fully saturated rings. The smallest absolute Gasteiger partial charge is 0.231 e. The third-order valence-electron chi connectivity index (χ3n) is 2.59. The number of hydrogen-bond donors (Lipinski definition) is 2. The normalized spacial score (nSPS) is 18.5. The van der Waals surface area contributed by atoms with Gasteiger partial charge in [-0.2, -0.15) is 0 Å². The average Bonchev–Trinajstić information content (AvgIpc) is 2.82. The standard InChI is InChI=1S/C9H18N2O2/c1-13-5-4-9(2-3-9)7-11-6-8(10)12/h11H,2-7H2,1H3,(H2,10,12). The number of hydrogen-bond acceptors (Lipinski definition) is 3. The molecular formula is C9H18N2O2. The van der Waals surface area contributed by atoms with Crippen LogP contribution < -0.4 is 11.1 Å². The first-order valence-corrected chi connectivity index (χ1v) is 4.66. The van der Waals surface area contributed by atoms with Crippen molar-refractivity contribution < 1.29 is 9.53 Å². The summed E-state index contributed by atoms with van der Waals surface area (Å²) >= 11 is 0. The Morgan fingerprint density at radius 3 is 2.77 bits per heavy atom. The lowest BCUT2D eigenvalue weighted by Crippen LogP contribution is -2.33. The van der Waals surface area contributed by atoms with Crippen molar-refractivity contribution >= 4 is 5.91 Å². The quantitative estimate of drug-likeness (QED) is 0.582. The maximum Gasteiger partial charge on any atom is 0.231 e. The van der Waals surface area contributed by atoms with Gasteiger partial charge in [-0.1, -0.05) is 0 Å². The molecule has 1 aliphatic carbocycles. The molecule has 13 heavy (non-hydrogen) atoms. The van der Waals surface area contributed by atoms with E-state index in [1.54, 1.807) is 7.11 Å². The first kappa shape index (κ1) is 10.5. The van der Waals surface area contributed by atoms with Crippen molar-refractivity contribution in [1.82, 2.24) is 5.32 Å². The van der Waals surface area contributed by atoms with E-state index in [4.69, 9.17) is 10.5 Å². The third-order valence-corrected chi connectivity index (χ3v) is 2.59. The van der Waals surface area contributed by atoms with Gasteiger partial charge in [-0.25, -0.2) is 0 Å². The van der Waals surface area contributed by atoms with Gasteiger partial charge in [0.15, 0.2) is 0 Å². The number of nitrogens with one attached hydrogen (secondary N) is 1. The molecule has 0 aromatic rings. The van der Waals surface area contributed by atoms with E-state index in [1.807, 2.05) is 0 Å². The van der Waals surface area contributed by atoms with Gasteiger partial charge in [-0.15, -0.1) is 0 Å². The summed E-state index contributed by atoms with van der Waals surface area (Å²) in [6, 6.07) is 0. The summed E-state index contributed by atoms with van der Waals surface area (Å²) in [4.78, 5) is 10.5. The van der Waals surface area contributed by atoms with E-state index in [0.29, 0.717) is 5.41 Å². The predicted molar refractivity (Wildman–Crippen MR) is 50.2 cm³/mol. The summed E-state index contributed by atoms with van der Waals surface area (Å²) in [5, 5.41) is 3.07. The molecule has 0 bridgehead atoms. The highest BCUT2D eigenvalue weighted by Crippen LogP contribution is 2.47. The molecule has 0 radical (unpaired) electrons. The zero-order chi connectivity index (χ0) is 9.73. The molecule has 0 heterocycles. The molecule has 1 saturated carbocycles. The highest BCUT2D eigenvalue weighted by atomic mass is 16.5. The minimum atomic E-state index is -0.289. The molecule has 0 aliphatic heterocycles. The molecule has 0 aromatic heterocycles. The van der Waals surface area contributed by atoms with Gasteiger partial charge >= 0.3 is 0 Å². The van der Waals surface area contributed by atoms with Crippen LogP contribution in [-0.2, 0) is 9.53 Å². The van der Waals surface area contributed by atoms with Gasteiger partial charge in [-0.05, 0) is 24.7 Å². The van der Waals surface area contributed by atoms with Gasteiger partial charge in [0.1, 0.15) is 0 Å². The second kappa shape index (κ2) is 4.58. The minimum absolute atomic E-state index is 0.286. The summed E-state index contributed by atoms with van der Waals surface area (Å²) in [5.74, 6) is -0.289. The molecular weight excluding hydrogens is 168 g/mol. The van der Waals surface area contributed by atoms with Gasteiger partial charge in [0.05, 0.1) is 6.54 Å². The molecule has 1 aliphatic rings. The summed E-state index contributed by atoms with van der Waals surface area (Å²) < 4.78 is 5.03. The molecule has 1 rings (SSSR count). The van der Waals surface area contributed by atoms with Crippen LogP contribution >= 0.6 is 0 Å². The van der Waals surface area contributed by atoms with Crippen LogP contribution in [0.5, 0.6) is 0 Å². The van der Waals surface area contributed by atoms with Crippen LogP contribution in [0.15, 0.2) is 0 Å². The highest BCUT2D eigenvalue weighted by molar-refractivity contribution is 5.75. The van der Waals surface area contributed by atoms with Crippen molar-refractivity contribution in [1.29, 1.82) is 0 Å². The van der Waals surface area contributed by atoms with Crippen molar-refractivity contribution in [3.8, 4) is 0 Å². The molecule has 1 amide bonds. The van der Waals surface area contributed by atoms with Crippen LogP contribution in [0.25, 0.3) is 0 Å². The predicted octanol–water partition coefficient (Wildman–Crippen LogP) is -0.122. The molecule has 76 valence electrons. The van der Waals surface area contributed by atoms with Crippen LogP contribution in [0.4, 0.5) is 0 Å². The molecule has 4 nitrogen and oxygen atoms in total. The van der Waals surface area contributed by atoms with Crippen LogP contribution in [0.2, 0.25) is 0 Å². The molecule has 0 saturated heterocycles. The SMILES string of the molecule is COCCC1(CNCC(N)=O)CC1. The Bertz CT molecular complexity index is 178. The first-order valence-electron chi connectivity index (χ1n) is 4.66. The third kappa shape index (κ3) is 3.74. The fourth-order valence-electron chi connectivity index (χ4n) is 1.46. The number of carbonyl (C=O) groups excluding carboxylic acids is 1. The number of methoxy groups -OCH3 is 1. The van der Waals surface area contributed by atoms with Crippen LogP contribution in [-0.4, -0.2) is 32.7 Å². The molecule has 0 unspecified atom stereocenters. The van der Waals surface area contributed by atoms with E-state index in [1.165, 1.54) is 12.8 Å². The zero-order valence-corrected chi connectivity index (χ0v) is 8.14. The van der Waals surface area contributed by atoms with Crippen molar-refractivity contribution in [2.45, 2.75) is 19.3 Å². The molecule has 0 atom stereocenters. The lowest BCUT2D eigenvalue weighted by atomic mass is 10.0. The van der Waals surface area contributed by atoms with E-state index in [9.17, 15) is 4.79 Å². The molecule has 3 N–H and O–H groups in total. The van der Waals surface area contributed by atoms with Crippen LogP contribution in [0, 0.1) is 5.41 Å². The summed E-state index contributed by atoms with van der Waals surface area (Å²) in [7, 11) is 1.72. The van der Waals surface area contributed by atoms with E-state index in [-0.39, 0.29) is 12.5 Å². The van der Waals surface area contributed by atoms with Crippen molar-refractivity contribution in [3.63, 3.8) is 0 Å². The molecule has 0 aromatic carbocycles. The number of ether oxygens (including phenoxy) is 1. The Balaban J connectivity index is 2.09. The van der Waals surface area contributed by atoms with Crippen molar-refractivity contribution in [2.24, 2.45) is 11.1 Å². The van der Waals surface area contributed by atoms with Gasteiger partial charge in [-0.3, -0.25) is 4.79 Å². The lowest BCUT2D eigenvalue weighted by molar-refractivity contribution is -0.117. The van der Waals surface area contributed by atoms with Gasteiger partial charge in [0, 0.05) is 20.3 Å². The summed E-state index contributed by atoms with van der Waals surface area (Å²) in [6.45, 7) is 1.98. The Labute approximate surface area is 78.8 Å². The Hall–Kier alpha value is -0.610. The monoisotopic (exact) mass is 186 g/mol. The summed E-state index contributed by atoms with van der Waals surface area (Å²) in [6.07, 6.45) is 3.56. The van der Waals surface area contributed by atoms with Gasteiger partial charge < -0.3 is 15.8 Å². The van der Waals surface area contributed by atoms with Crippen LogP contribution in [0.3, 0.4) is 0 Å². The lowest BCUT2D eigenvalue weighted by Gasteiger charge is -2.14. The maximum absolute atomic E-state index is 10.5. The molecule has 0 spiro atoms. The number of primary amides is 1. The number of nitrogens with two attached hydrogens (primary N) is 1. The fraction of sp³-hybridized carbons (Fsp3) is 0.889. The van der Waals surface area contributed by atoms with Gasteiger partial charge in [0.2, 0.25) is 5.91 Å². The maximum atomic E-state index is 10.5. The van der Waals surface area contributed by atoms with Crippen LogP contribution in [0.1, 0.15) is 19.3 Å². The topological polar surface area (TPSA) is 64.3 Å². The van der Waals surface area contributed by atoms with E-state index >= 15 is 0 Å². The summed E-state index contributed by atoms with van der Waals surface area (Å²) in [5.41, 5.74) is 5.41. The Morgan fingerprint density at radius 2 is 2.31 bits per heavy atom. The first-order chi connectivity index (χ1) is 6.18. The van der Waals surface area contributed by atoms with Gasteiger partial charge in [0.25, 0.3) is 0 Å².